The fourth-order valence-corrected chi connectivity index (χ4v) is 2.99. The zero-order valence-corrected chi connectivity index (χ0v) is 13.9. The molecule has 2 N–H and O–H groups in total. The lowest BCUT2D eigenvalue weighted by Crippen LogP contribution is -2.39. The average molecular weight is 340 g/mol. The molecule has 0 aliphatic heterocycles. The van der Waals surface area contributed by atoms with E-state index in [9.17, 15) is 9.59 Å². The number of carboxylic acids is 1. The van der Waals surface area contributed by atoms with Crippen LogP contribution in [0.15, 0.2) is 24.3 Å². The minimum Gasteiger partial charge on any atom is -0.489 e. The van der Waals surface area contributed by atoms with Crippen LogP contribution in [0.1, 0.15) is 32.6 Å². The van der Waals surface area contributed by atoms with Crippen molar-refractivity contribution in [1.82, 2.24) is 5.32 Å². The number of nitrogens with one attached hydrogen (secondary N) is 1. The van der Waals surface area contributed by atoms with Gasteiger partial charge in [0.15, 0.2) is 0 Å². The molecule has 6 heteroatoms. The zero-order chi connectivity index (χ0) is 16.8. The maximum absolute atomic E-state index is 12.2. The van der Waals surface area contributed by atoms with Crippen LogP contribution in [0.25, 0.3) is 0 Å². The number of hydrogen-bond donors (Lipinski definition) is 2. The van der Waals surface area contributed by atoms with Gasteiger partial charge in [-0.3, -0.25) is 9.59 Å². The number of halogens is 1. The summed E-state index contributed by atoms with van der Waals surface area (Å²) < 4.78 is 5.70. The second kappa shape index (κ2) is 8.20. The van der Waals surface area contributed by atoms with Crippen molar-refractivity contribution in [2.24, 2.45) is 11.8 Å². The maximum Gasteiger partial charge on any atom is 0.306 e. The Balaban J connectivity index is 1.73. The van der Waals surface area contributed by atoms with Gasteiger partial charge in [-0.05, 0) is 50.8 Å². The van der Waals surface area contributed by atoms with E-state index in [-0.39, 0.29) is 23.8 Å². The van der Waals surface area contributed by atoms with E-state index < -0.39 is 5.97 Å². The molecule has 1 aliphatic carbocycles. The minimum atomic E-state index is -0.757. The van der Waals surface area contributed by atoms with Gasteiger partial charge in [0.25, 0.3) is 0 Å². The van der Waals surface area contributed by atoms with E-state index in [1.54, 1.807) is 12.1 Å². The van der Waals surface area contributed by atoms with Gasteiger partial charge in [0.1, 0.15) is 11.9 Å². The molecule has 0 heterocycles. The molecular formula is C17H22ClNO4. The first-order chi connectivity index (χ1) is 11.0. The van der Waals surface area contributed by atoms with Crippen LogP contribution in [0.5, 0.6) is 5.75 Å². The second-order valence-electron chi connectivity index (χ2n) is 6.02. The number of ether oxygens (including phenoxy) is 1. The molecule has 0 spiro atoms. The van der Waals surface area contributed by atoms with Gasteiger partial charge < -0.3 is 15.2 Å². The van der Waals surface area contributed by atoms with Crippen LogP contribution in [-0.4, -0.2) is 29.6 Å². The SMILES string of the molecule is CC(CNC(=O)C1CCC(C(=O)O)CC1)Oc1cccc(Cl)c1. The topological polar surface area (TPSA) is 75.6 Å². The van der Waals surface area contributed by atoms with Gasteiger partial charge in [0.05, 0.1) is 12.5 Å². The van der Waals surface area contributed by atoms with Crippen molar-refractivity contribution < 1.29 is 19.4 Å². The predicted octanol–water partition coefficient (Wildman–Crippen LogP) is 3.11. The van der Waals surface area contributed by atoms with Crippen LogP contribution in [0.4, 0.5) is 0 Å². The van der Waals surface area contributed by atoms with Crippen molar-refractivity contribution in [3.8, 4) is 5.75 Å². The monoisotopic (exact) mass is 339 g/mol. The molecule has 23 heavy (non-hydrogen) atoms. The van der Waals surface area contributed by atoms with E-state index in [0.29, 0.717) is 43.0 Å². The average Bonchev–Trinajstić information content (AvgIpc) is 2.52. The standard InChI is InChI=1S/C17H22ClNO4/c1-11(23-15-4-2-3-14(18)9-15)10-19-16(20)12-5-7-13(8-6-12)17(21)22/h2-4,9,11-13H,5-8,10H2,1H3,(H,19,20)(H,21,22). The van der Waals surface area contributed by atoms with Gasteiger partial charge in [0.2, 0.25) is 5.91 Å². The molecule has 1 fully saturated rings. The van der Waals surface area contributed by atoms with Crippen molar-refractivity contribution in [1.29, 1.82) is 0 Å². The third-order valence-corrected chi connectivity index (χ3v) is 4.38. The van der Waals surface area contributed by atoms with Gasteiger partial charge in [-0.15, -0.1) is 0 Å². The Morgan fingerprint density at radius 3 is 2.57 bits per heavy atom. The number of carbonyl (C=O) groups is 2. The number of benzene rings is 1. The lowest BCUT2D eigenvalue weighted by molar-refractivity contribution is -0.144. The highest BCUT2D eigenvalue weighted by Crippen LogP contribution is 2.29. The zero-order valence-electron chi connectivity index (χ0n) is 13.1. The highest BCUT2D eigenvalue weighted by Gasteiger charge is 2.29. The lowest BCUT2D eigenvalue weighted by Gasteiger charge is -2.25. The Kier molecular flexibility index (Phi) is 6.28. The Morgan fingerprint density at radius 1 is 1.30 bits per heavy atom. The second-order valence-corrected chi connectivity index (χ2v) is 6.45. The normalized spacial score (nSPS) is 22.2. The lowest BCUT2D eigenvalue weighted by atomic mass is 9.81. The van der Waals surface area contributed by atoms with E-state index >= 15 is 0 Å². The molecule has 5 nitrogen and oxygen atoms in total. The number of amides is 1. The van der Waals surface area contributed by atoms with Crippen LogP contribution in [0.3, 0.4) is 0 Å². The third-order valence-electron chi connectivity index (χ3n) is 4.14. The van der Waals surface area contributed by atoms with E-state index in [1.807, 2.05) is 19.1 Å². The predicted molar refractivity (Wildman–Crippen MR) is 87.6 cm³/mol. The summed E-state index contributed by atoms with van der Waals surface area (Å²) in [5.41, 5.74) is 0. The molecule has 0 aromatic heterocycles. The summed E-state index contributed by atoms with van der Waals surface area (Å²) in [7, 11) is 0. The Morgan fingerprint density at radius 2 is 1.96 bits per heavy atom. The summed E-state index contributed by atoms with van der Waals surface area (Å²) in [6, 6.07) is 7.13. The summed E-state index contributed by atoms with van der Waals surface area (Å²) in [6.07, 6.45) is 2.23. The number of rotatable bonds is 6. The molecule has 1 aromatic rings. The van der Waals surface area contributed by atoms with Crippen LogP contribution in [-0.2, 0) is 9.59 Å². The maximum atomic E-state index is 12.2. The summed E-state index contributed by atoms with van der Waals surface area (Å²) in [4.78, 5) is 23.1. The van der Waals surface area contributed by atoms with Gasteiger partial charge in [-0.25, -0.2) is 0 Å². The van der Waals surface area contributed by atoms with E-state index in [2.05, 4.69) is 5.32 Å². The first-order valence-electron chi connectivity index (χ1n) is 7.88. The van der Waals surface area contributed by atoms with E-state index in [4.69, 9.17) is 21.4 Å². The summed E-state index contributed by atoms with van der Waals surface area (Å²) in [6.45, 7) is 2.28. The first-order valence-corrected chi connectivity index (χ1v) is 8.26. The Bertz CT molecular complexity index is 555. The molecule has 0 bridgehead atoms. The molecule has 1 unspecified atom stereocenters. The van der Waals surface area contributed by atoms with Crippen molar-refractivity contribution in [3.05, 3.63) is 29.3 Å². The molecule has 126 valence electrons. The largest absolute Gasteiger partial charge is 0.489 e. The molecule has 1 saturated carbocycles. The molecule has 1 amide bonds. The fraction of sp³-hybridized carbons (Fsp3) is 0.529. The third kappa shape index (κ3) is 5.43. The van der Waals surface area contributed by atoms with Crippen LogP contribution in [0, 0.1) is 11.8 Å². The van der Waals surface area contributed by atoms with E-state index in [1.165, 1.54) is 0 Å². The molecule has 1 aliphatic rings. The quantitative estimate of drug-likeness (QED) is 0.835. The molecule has 1 aromatic carbocycles. The summed E-state index contributed by atoms with van der Waals surface area (Å²) >= 11 is 5.90. The molecule has 1 atom stereocenters. The first kappa shape index (κ1) is 17.6. The van der Waals surface area contributed by atoms with Gasteiger partial charge in [-0.2, -0.15) is 0 Å². The summed E-state index contributed by atoms with van der Waals surface area (Å²) in [5.74, 6) is -0.503. The van der Waals surface area contributed by atoms with Crippen molar-refractivity contribution in [3.63, 3.8) is 0 Å². The van der Waals surface area contributed by atoms with Gasteiger partial charge in [0, 0.05) is 10.9 Å². The van der Waals surface area contributed by atoms with Gasteiger partial charge >= 0.3 is 5.97 Å². The van der Waals surface area contributed by atoms with Gasteiger partial charge in [-0.1, -0.05) is 17.7 Å². The van der Waals surface area contributed by atoms with Crippen LogP contribution < -0.4 is 10.1 Å². The van der Waals surface area contributed by atoms with Crippen LogP contribution >= 0.6 is 11.6 Å². The molecule has 2 rings (SSSR count). The number of carboxylic acid groups (broad SMARTS) is 1. The highest BCUT2D eigenvalue weighted by atomic mass is 35.5. The molecule has 0 saturated heterocycles. The number of aliphatic carboxylic acids is 1. The number of hydrogen-bond acceptors (Lipinski definition) is 3. The molecular weight excluding hydrogens is 318 g/mol. The van der Waals surface area contributed by atoms with Crippen molar-refractivity contribution in [2.75, 3.05) is 6.54 Å². The smallest absolute Gasteiger partial charge is 0.306 e. The Labute approximate surface area is 141 Å². The van der Waals surface area contributed by atoms with E-state index in [0.717, 1.165) is 0 Å². The van der Waals surface area contributed by atoms with Crippen LogP contribution in [0.2, 0.25) is 5.02 Å². The highest BCUT2D eigenvalue weighted by molar-refractivity contribution is 6.30. The molecule has 0 radical (unpaired) electrons. The minimum absolute atomic E-state index is 0.0182. The number of carbonyl (C=O) groups excluding carboxylic acids is 1. The Hall–Kier alpha value is -1.75. The van der Waals surface area contributed by atoms with Crippen molar-refractivity contribution >= 4 is 23.5 Å². The fourth-order valence-electron chi connectivity index (χ4n) is 2.81. The summed E-state index contributed by atoms with van der Waals surface area (Å²) in [5, 5.41) is 12.5. The van der Waals surface area contributed by atoms with Crippen molar-refractivity contribution in [2.45, 2.75) is 38.7 Å².